The van der Waals surface area contributed by atoms with E-state index in [1.807, 2.05) is 0 Å². The zero-order valence-corrected chi connectivity index (χ0v) is 25.4. The fourth-order valence-electron chi connectivity index (χ4n) is 5.57. The fraction of sp³-hybridized carbons (Fsp3) is 0.300. The highest BCUT2D eigenvalue weighted by Gasteiger charge is 2.49. The molecule has 1 aliphatic carbocycles. The highest BCUT2D eigenvalue weighted by molar-refractivity contribution is 6.46. The first kappa shape index (κ1) is 34.6. The van der Waals surface area contributed by atoms with E-state index in [-0.39, 0.29) is 44.9 Å². The quantitative estimate of drug-likeness (QED) is 0.264. The number of alkyl halides is 5. The zero-order valence-electron chi connectivity index (χ0n) is 24.6. The summed E-state index contributed by atoms with van der Waals surface area (Å²) in [4.78, 5) is 5.86. The Labute approximate surface area is 275 Å². The van der Waals surface area contributed by atoms with E-state index < -0.39 is 60.1 Å². The molecule has 6 nitrogen and oxygen atoms in total. The molecule has 3 N–H and O–H groups in total. The number of fused-ring (bicyclic) bond motifs is 1. The Hall–Kier alpha value is -3.78. The fourth-order valence-corrected chi connectivity index (χ4v) is 5.80. The topological polar surface area (TPSA) is 63.1 Å². The van der Waals surface area contributed by atoms with Gasteiger partial charge in [0.05, 0.1) is 34.2 Å². The number of benzene rings is 2. The molecular weight excluding hydrogens is 647 g/mol. The van der Waals surface area contributed by atoms with Gasteiger partial charge in [0.2, 0.25) is 5.96 Å². The Morgan fingerprint density at radius 1 is 1.23 bits per heavy atom. The predicted octanol–water partition coefficient (Wildman–Crippen LogP) is 5.61. The van der Waals surface area contributed by atoms with Gasteiger partial charge in [0.25, 0.3) is 6.43 Å². The number of rotatable bonds is 7. The molecule has 0 bridgehead atoms. The minimum Gasteiger partial charge on any atom is -0.379 e. The van der Waals surface area contributed by atoms with E-state index >= 15 is 0 Å². The summed E-state index contributed by atoms with van der Waals surface area (Å²) in [6.45, 7) is 6.80. The van der Waals surface area contributed by atoms with Crippen LogP contribution in [0.3, 0.4) is 0 Å². The standard InChI is InChI=1S/C30H24B3ClF7N5O/c1-13(15-6-16(28(39,40)41)8-18(36)7-15)42-23-11-19(46(12-24(37)38)27-44-29(31,32)30(33,47)45(27)3)10-20-14(2)43-26(25(20)23)21-9-17(35)4-5-22(21)34/h4-7,9-11,16,24,26,42-43,47H,1-2,8,12H2,3H3. The van der Waals surface area contributed by atoms with Crippen LogP contribution >= 0.6 is 11.6 Å². The highest BCUT2D eigenvalue weighted by atomic mass is 35.5. The van der Waals surface area contributed by atoms with Crippen LogP contribution < -0.4 is 15.5 Å². The van der Waals surface area contributed by atoms with Crippen molar-refractivity contribution in [1.29, 1.82) is 0 Å². The van der Waals surface area contributed by atoms with E-state index in [1.54, 1.807) is 0 Å². The maximum absolute atomic E-state index is 14.4. The molecule has 0 saturated carbocycles. The molecule has 0 amide bonds. The molecule has 17 heteroatoms. The van der Waals surface area contributed by atoms with E-state index in [0.29, 0.717) is 11.1 Å². The third kappa shape index (κ3) is 6.41. The highest BCUT2D eigenvalue weighted by Crippen LogP contribution is 2.46. The lowest BCUT2D eigenvalue weighted by Crippen LogP contribution is -2.61. The number of aliphatic imine (C=N–C) groups is 1. The number of anilines is 2. The van der Waals surface area contributed by atoms with Gasteiger partial charge in [-0.15, -0.1) is 0 Å². The second-order valence-corrected chi connectivity index (χ2v) is 11.8. The maximum atomic E-state index is 14.4. The Bertz CT molecular complexity index is 1740. The van der Waals surface area contributed by atoms with Crippen LogP contribution in [0.2, 0.25) is 5.02 Å². The number of nitrogens with one attached hydrogen (secondary N) is 2. The molecule has 2 aromatic carbocycles. The van der Waals surface area contributed by atoms with Gasteiger partial charge in [-0.25, -0.2) is 17.6 Å². The molecule has 0 fully saturated rings. The average Bonchev–Trinajstić information content (AvgIpc) is 3.38. The minimum absolute atomic E-state index is 0.0140. The Balaban J connectivity index is 1.69. The SMILES string of the molecule is [B]C1([B])N=C(N(CC(F)F)c2cc(NC(=C)C3=CC(C(F)(F)F)CC(F)=C3)c3c(c2)C(=C)NC3c2cc(F)ccc2Cl)N(C)C1([B])O. The molecule has 5 rings (SSSR count). The third-order valence-corrected chi connectivity index (χ3v) is 8.43. The largest absolute Gasteiger partial charge is 0.395 e. The van der Waals surface area contributed by atoms with Crippen LogP contribution in [0.4, 0.5) is 42.1 Å². The Morgan fingerprint density at radius 3 is 2.51 bits per heavy atom. The number of guanidine groups is 1. The summed E-state index contributed by atoms with van der Waals surface area (Å²) in [6, 6.07) is 5.50. The average molecular weight is 671 g/mol. The summed E-state index contributed by atoms with van der Waals surface area (Å²) in [5, 5.41) is 14.5. The molecule has 6 radical (unpaired) electrons. The lowest BCUT2D eigenvalue weighted by molar-refractivity contribution is -0.161. The van der Waals surface area contributed by atoms with Crippen molar-refractivity contribution in [3.63, 3.8) is 0 Å². The van der Waals surface area contributed by atoms with Gasteiger partial charge in [0.1, 0.15) is 25.1 Å². The molecule has 240 valence electrons. The van der Waals surface area contributed by atoms with Crippen molar-refractivity contribution in [2.45, 2.75) is 36.0 Å². The van der Waals surface area contributed by atoms with Crippen LogP contribution in [0, 0.1) is 11.7 Å². The molecule has 0 aromatic heterocycles. The van der Waals surface area contributed by atoms with Gasteiger partial charge >= 0.3 is 6.18 Å². The summed E-state index contributed by atoms with van der Waals surface area (Å²) in [5.74, 6) is -4.13. The van der Waals surface area contributed by atoms with Crippen molar-refractivity contribution in [2.24, 2.45) is 10.9 Å². The number of hydrogen-bond donors (Lipinski definition) is 3. The van der Waals surface area contributed by atoms with Crippen LogP contribution in [0.1, 0.15) is 29.2 Å². The van der Waals surface area contributed by atoms with E-state index in [4.69, 9.17) is 35.1 Å². The van der Waals surface area contributed by atoms with E-state index in [1.165, 1.54) is 31.3 Å². The monoisotopic (exact) mass is 671 g/mol. The summed E-state index contributed by atoms with van der Waals surface area (Å²) >= 11 is 6.43. The molecule has 2 aromatic rings. The van der Waals surface area contributed by atoms with Crippen molar-refractivity contribution in [3.05, 3.63) is 100 Å². The second-order valence-electron chi connectivity index (χ2n) is 11.4. The lowest BCUT2D eigenvalue weighted by Gasteiger charge is -2.40. The van der Waals surface area contributed by atoms with Crippen molar-refractivity contribution in [1.82, 2.24) is 10.2 Å². The van der Waals surface area contributed by atoms with Gasteiger partial charge in [-0.2, -0.15) is 13.2 Å². The molecule has 3 aliphatic rings. The van der Waals surface area contributed by atoms with Crippen molar-refractivity contribution in [3.8, 4) is 0 Å². The van der Waals surface area contributed by atoms with Crippen LogP contribution in [-0.4, -0.2) is 76.7 Å². The summed E-state index contributed by atoms with van der Waals surface area (Å²) < 4.78 is 97.6. The minimum atomic E-state index is -4.74. The number of hydrogen-bond acceptors (Lipinski definition) is 6. The summed E-state index contributed by atoms with van der Waals surface area (Å²) in [6.07, 6.45) is -6.90. The molecule has 0 spiro atoms. The Morgan fingerprint density at radius 2 is 1.91 bits per heavy atom. The van der Waals surface area contributed by atoms with E-state index in [2.05, 4.69) is 28.8 Å². The Kier molecular flexibility index (Phi) is 8.85. The summed E-state index contributed by atoms with van der Waals surface area (Å²) in [7, 11) is 18.9. The number of aliphatic hydroxyl groups is 1. The van der Waals surface area contributed by atoms with Crippen LogP contribution in [0.5, 0.6) is 0 Å². The second kappa shape index (κ2) is 12.0. The van der Waals surface area contributed by atoms with Gasteiger partial charge in [-0.3, -0.25) is 4.99 Å². The first-order valence-electron chi connectivity index (χ1n) is 13.9. The zero-order chi connectivity index (χ0) is 34.8. The van der Waals surface area contributed by atoms with Crippen LogP contribution in [-0.2, 0) is 0 Å². The molecule has 47 heavy (non-hydrogen) atoms. The molecule has 2 heterocycles. The van der Waals surface area contributed by atoms with Crippen molar-refractivity contribution >= 4 is 58.2 Å². The van der Waals surface area contributed by atoms with E-state index in [9.17, 15) is 35.8 Å². The number of allylic oxidation sites excluding steroid dienone is 3. The van der Waals surface area contributed by atoms with Gasteiger partial charge < -0.3 is 25.5 Å². The van der Waals surface area contributed by atoms with Crippen LogP contribution in [0.25, 0.3) is 5.70 Å². The van der Waals surface area contributed by atoms with E-state index in [0.717, 1.165) is 28.0 Å². The normalized spacial score (nSPS) is 23.6. The summed E-state index contributed by atoms with van der Waals surface area (Å²) in [5.41, 5.74) is -1.72. The first-order valence-corrected chi connectivity index (χ1v) is 14.3. The van der Waals surface area contributed by atoms with Crippen LogP contribution in [0.15, 0.2) is 77.7 Å². The van der Waals surface area contributed by atoms with Crippen molar-refractivity contribution < 1.29 is 35.8 Å². The number of halogens is 8. The van der Waals surface area contributed by atoms with Gasteiger partial charge in [-0.05, 0) is 42.0 Å². The van der Waals surface area contributed by atoms with Crippen molar-refractivity contribution in [2.75, 3.05) is 23.8 Å². The molecule has 3 unspecified atom stereocenters. The molecular formula is C30H24B3ClF7N5O. The lowest BCUT2D eigenvalue weighted by atomic mass is 9.51. The van der Waals surface area contributed by atoms with Gasteiger partial charge in [0, 0.05) is 63.3 Å². The molecule has 2 aliphatic heterocycles. The smallest absolute Gasteiger partial charge is 0.379 e. The van der Waals surface area contributed by atoms with Gasteiger partial charge in [-0.1, -0.05) is 30.8 Å². The predicted molar refractivity (Wildman–Crippen MR) is 170 cm³/mol. The third-order valence-electron chi connectivity index (χ3n) is 8.09. The number of nitrogens with zero attached hydrogens (tertiary/aromatic N) is 3. The maximum Gasteiger partial charge on any atom is 0.395 e. The number of likely N-dealkylation sites (N-methyl/N-ethyl adjacent to an activating group) is 1. The molecule has 3 atom stereocenters. The van der Waals surface area contributed by atoms with Gasteiger partial charge in [0.15, 0.2) is 0 Å². The molecule has 0 saturated heterocycles. The first-order chi connectivity index (χ1) is 21.7.